The van der Waals surface area contributed by atoms with E-state index in [-0.39, 0.29) is 18.8 Å². The Bertz CT molecular complexity index is 671. The molecule has 0 heterocycles. The van der Waals surface area contributed by atoms with Gasteiger partial charge in [-0.15, -0.1) is 0 Å². The van der Waals surface area contributed by atoms with E-state index in [1.165, 1.54) is 6.07 Å². The fourth-order valence-electron chi connectivity index (χ4n) is 2.28. The maximum absolute atomic E-state index is 13.8. The topological polar surface area (TPSA) is 47.6 Å². The molecule has 1 N–H and O–H groups in total. The number of hydroxylamine groups is 1. The van der Waals surface area contributed by atoms with Crippen LogP contribution in [0.2, 0.25) is 0 Å². The van der Waals surface area contributed by atoms with Gasteiger partial charge in [0.25, 0.3) is 5.91 Å². The van der Waals surface area contributed by atoms with Crippen molar-refractivity contribution in [3.8, 4) is 5.75 Å². The van der Waals surface area contributed by atoms with E-state index in [0.29, 0.717) is 5.92 Å². The molecular weight excluding hydrogens is 297 g/mol. The van der Waals surface area contributed by atoms with Crippen molar-refractivity contribution in [3.05, 3.63) is 65.5 Å². The van der Waals surface area contributed by atoms with Crippen molar-refractivity contribution in [3.63, 3.8) is 0 Å². The average molecular weight is 315 g/mol. The zero-order valence-corrected chi connectivity index (χ0v) is 12.6. The van der Waals surface area contributed by atoms with Crippen LogP contribution in [0.4, 0.5) is 4.39 Å². The summed E-state index contributed by atoms with van der Waals surface area (Å²) in [4.78, 5) is 17.0. The molecule has 4 nitrogen and oxygen atoms in total. The average Bonchev–Trinajstić information content (AvgIpc) is 3.41. The van der Waals surface area contributed by atoms with Crippen molar-refractivity contribution in [2.45, 2.75) is 18.8 Å². The van der Waals surface area contributed by atoms with Gasteiger partial charge in [-0.3, -0.25) is 9.63 Å². The van der Waals surface area contributed by atoms with E-state index in [1.807, 2.05) is 30.3 Å². The number of hydrogen-bond donors (Lipinski definition) is 1. The highest BCUT2D eigenvalue weighted by atomic mass is 19.1. The first-order valence-corrected chi connectivity index (χ1v) is 7.63. The molecule has 1 aliphatic carbocycles. The smallest absolute Gasteiger partial charge is 0.277 e. The minimum absolute atomic E-state index is 0.0124. The molecule has 1 saturated carbocycles. The first-order chi connectivity index (χ1) is 11.2. The zero-order valence-electron chi connectivity index (χ0n) is 12.6. The van der Waals surface area contributed by atoms with Crippen LogP contribution in [-0.4, -0.2) is 19.1 Å². The van der Waals surface area contributed by atoms with E-state index in [1.54, 1.807) is 12.1 Å². The van der Waals surface area contributed by atoms with Crippen LogP contribution in [0.3, 0.4) is 0 Å². The lowest BCUT2D eigenvalue weighted by Gasteiger charge is -2.09. The van der Waals surface area contributed by atoms with Gasteiger partial charge in [-0.25, -0.2) is 9.87 Å². The van der Waals surface area contributed by atoms with Gasteiger partial charge in [0.2, 0.25) is 0 Å². The van der Waals surface area contributed by atoms with Crippen LogP contribution in [-0.2, 0) is 4.84 Å². The molecule has 0 bridgehead atoms. The summed E-state index contributed by atoms with van der Waals surface area (Å²) in [6.45, 7) is 0.458. The van der Waals surface area contributed by atoms with Crippen molar-refractivity contribution in [2.24, 2.45) is 0 Å². The monoisotopic (exact) mass is 315 g/mol. The second-order valence-corrected chi connectivity index (χ2v) is 5.45. The second kappa shape index (κ2) is 7.24. The maximum atomic E-state index is 13.8. The molecule has 1 amide bonds. The van der Waals surface area contributed by atoms with Gasteiger partial charge in [-0.2, -0.15) is 0 Å². The summed E-state index contributed by atoms with van der Waals surface area (Å²) in [6, 6.07) is 14.0. The van der Waals surface area contributed by atoms with Gasteiger partial charge in [0.05, 0.1) is 5.56 Å². The van der Waals surface area contributed by atoms with Crippen molar-refractivity contribution < 1.29 is 18.8 Å². The van der Waals surface area contributed by atoms with Crippen molar-refractivity contribution >= 4 is 5.91 Å². The molecular formula is C18H18FNO3. The summed E-state index contributed by atoms with van der Waals surface area (Å²) in [5, 5.41) is 0. The summed E-state index contributed by atoms with van der Waals surface area (Å²) < 4.78 is 19.2. The number of carbonyl (C=O) groups excluding carboxylic acids is 1. The Kier molecular flexibility index (Phi) is 4.88. The second-order valence-electron chi connectivity index (χ2n) is 5.45. The van der Waals surface area contributed by atoms with Gasteiger partial charge in [-0.05, 0) is 48.6 Å². The highest BCUT2D eigenvalue weighted by Gasteiger charge is 2.25. The van der Waals surface area contributed by atoms with E-state index in [4.69, 9.17) is 9.57 Å². The zero-order chi connectivity index (χ0) is 16.1. The van der Waals surface area contributed by atoms with E-state index in [9.17, 15) is 9.18 Å². The van der Waals surface area contributed by atoms with Crippen LogP contribution in [0.1, 0.15) is 34.7 Å². The summed E-state index contributed by atoms with van der Waals surface area (Å²) in [5.74, 6) is 0.0636. The first-order valence-electron chi connectivity index (χ1n) is 7.63. The summed E-state index contributed by atoms with van der Waals surface area (Å²) >= 11 is 0. The fraction of sp³-hybridized carbons (Fsp3) is 0.278. The highest BCUT2D eigenvalue weighted by molar-refractivity contribution is 5.94. The van der Waals surface area contributed by atoms with Crippen LogP contribution in [0, 0.1) is 5.82 Å². The first kappa shape index (κ1) is 15.5. The molecule has 0 spiro atoms. The van der Waals surface area contributed by atoms with Crippen molar-refractivity contribution in [1.82, 2.24) is 5.48 Å². The third kappa shape index (κ3) is 4.29. The molecule has 1 fully saturated rings. The predicted octanol–water partition coefficient (Wildman–Crippen LogP) is 3.44. The molecule has 3 rings (SSSR count). The lowest BCUT2D eigenvalue weighted by atomic mass is 10.1. The number of halogens is 1. The summed E-state index contributed by atoms with van der Waals surface area (Å²) in [5.41, 5.74) is 3.27. The van der Waals surface area contributed by atoms with Crippen molar-refractivity contribution in [1.29, 1.82) is 0 Å². The summed E-state index contributed by atoms with van der Waals surface area (Å²) in [6.07, 6.45) is 2.19. The molecule has 2 aromatic rings. The van der Waals surface area contributed by atoms with Crippen LogP contribution >= 0.6 is 0 Å². The normalized spacial score (nSPS) is 13.6. The van der Waals surface area contributed by atoms with Crippen LogP contribution in [0.5, 0.6) is 5.75 Å². The van der Waals surface area contributed by atoms with Crippen LogP contribution < -0.4 is 10.2 Å². The number of nitrogens with one attached hydrogen (secondary N) is 1. The fourth-order valence-corrected chi connectivity index (χ4v) is 2.28. The third-order valence-electron chi connectivity index (χ3n) is 3.65. The number of benzene rings is 2. The molecule has 5 heteroatoms. The van der Waals surface area contributed by atoms with E-state index in [0.717, 1.165) is 24.2 Å². The number of ether oxygens (including phenoxy) is 1. The minimum atomic E-state index is -0.579. The number of hydrogen-bond acceptors (Lipinski definition) is 3. The van der Waals surface area contributed by atoms with Gasteiger partial charge >= 0.3 is 0 Å². The maximum Gasteiger partial charge on any atom is 0.277 e. The molecule has 1 aliphatic rings. The molecule has 120 valence electrons. The Morgan fingerprint density at radius 1 is 1.13 bits per heavy atom. The largest absolute Gasteiger partial charge is 0.491 e. The van der Waals surface area contributed by atoms with Crippen molar-refractivity contribution in [2.75, 3.05) is 13.2 Å². The van der Waals surface area contributed by atoms with E-state index >= 15 is 0 Å². The molecule has 0 radical (unpaired) electrons. The van der Waals surface area contributed by atoms with E-state index < -0.39 is 11.7 Å². The SMILES string of the molecule is O=C(NOCCOc1ccccc1)c1cc(C2CC2)ccc1F. The molecule has 2 aromatic carbocycles. The Morgan fingerprint density at radius 3 is 2.65 bits per heavy atom. The number of rotatable bonds is 7. The predicted molar refractivity (Wildman–Crippen MR) is 83.7 cm³/mol. The van der Waals surface area contributed by atoms with E-state index in [2.05, 4.69) is 5.48 Å². The molecule has 23 heavy (non-hydrogen) atoms. The number of para-hydroxylation sites is 1. The lowest BCUT2D eigenvalue weighted by Crippen LogP contribution is -2.27. The van der Waals surface area contributed by atoms with Gasteiger partial charge < -0.3 is 4.74 Å². The minimum Gasteiger partial charge on any atom is -0.491 e. The highest BCUT2D eigenvalue weighted by Crippen LogP contribution is 2.40. The quantitative estimate of drug-likeness (QED) is 0.629. The van der Waals surface area contributed by atoms with Crippen LogP contribution in [0.15, 0.2) is 48.5 Å². The molecule has 0 atom stereocenters. The third-order valence-corrected chi connectivity index (χ3v) is 3.65. The lowest BCUT2D eigenvalue weighted by molar-refractivity contribution is 0.0197. The Labute approximate surface area is 134 Å². The Morgan fingerprint density at radius 2 is 1.91 bits per heavy atom. The molecule has 0 saturated heterocycles. The Balaban J connectivity index is 1.45. The molecule has 0 aliphatic heterocycles. The Hall–Kier alpha value is -2.40. The molecule has 0 unspecified atom stereocenters. The molecule has 0 aromatic heterocycles. The van der Waals surface area contributed by atoms with Gasteiger partial charge in [0.15, 0.2) is 0 Å². The number of carbonyl (C=O) groups is 1. The standard InChI is InChI=1S/C18H18FNO3/c19-17-9-8-14(13-6-7-13)12-16(17)18(21)20-23-11-10-22-15-4-2-1-3-5-15/h1-5,8-9,12-13H,6-7,10-11H2,(H,20,21). The number of amides is 1. The van der Waals surface area contributed by atoms with Gasteiger partial charge in [-0.1, -0.05) is 24.3 Å². The van der Waals surface area contributed by atoms with Gasteiger partial charge in [0, 0.05) is 0 Å². The summed E-state index contributed by atoms with van der Waals surface area (Å²) in [7, 11) is 0. The van der Waals surface area contributed by atoms with Gasteiger partial charge in [0.1, 0.15) is 24.8 Å². The van der Waals surface area contributed by atoms with Crippen LogP contribution in [0.25, 0.3) is 0 Å².